The number of amides is 2. The van der Waals surface area contributed by atoms with Crippen LogP contribution in [0.25, 0.3) is 0 Å². The van der Waals surface area contributed by atoms with E-state index in [1.807, 2.05) is 6.92 Å². The van der Waals surface area contributed by atoms with Crippen LogP contribution < -0.4 is 10.1 Å². The van der Waals surface area contributed by atoms with Gasteiger partial charge in [-0.15, -0.1) is 0 Å². The minimum Gasteiger partial charge on any atom is -0.487 e. The lowest BCUT2D eigenvalue weighted by Gasteiger charge is -2.37. The van der Waals surface area contributed by atoms with Crippen LogP contribution in [0.15, 0.2) is 47.4 Å². The number of para-hydroxylation sites is 1. The highest BCUT2D eigenvalue weighted by Gasteiger charge is 2.38. The van der Waals surface area contributed by atoms with Crippen molar-refractivity contribution in [3.05, 3.63) is 53.8 Å². The summed E-state index contributed by atoms with van der Waals surface area (Å²) in [6, 6.07) is 9.17. The monoisotopic (exact) mass is 533 g/mol. The second-order valence-corrected chi connectivity index (χ2v) is 10.8. The van der Waals surface area contributed by atoms with Crippen molar-refractivity contribution >= 4 is 21.7 Å². The van der Waals surface area contributed by atoms with E-state index in [4.69, 9.17) is 9.47 Å². The Morgan fingerprint density at radius 3 is 2.76 bits per heavy atom. The number of nitrogens with one attached hydrogen (secondary N) is 1. The summed E-state index contributed by atoms with van der Waals surface area (Å²) in [6.07, 6.45) is -0.624. The van der Waals surface area contributed by atoms with Gasteiger partial charge in [-0.3, -0.25) is 0 Å². The van der Waals surface area contributed by atoms with Crippen LogP contribution in [0.3, 0.4) is 0 Å². The Bertz CT molecular complexity index is 1280. The van der Waals surface area contributed by atoms with Gasteiger partial charge >= 0.3 is 6.03 Å². The van der Waals surface area contributed by atoms with Crippen LogP contribution in [0.2, 0.25) is 0 Å². The maximum atomic E-state index is 14.0. The van der Waals surface area contributed by atoms with E-state index in [2.05, 4.69) is 17.2 Å². The fourth-order valence-electron chi connectivity index (χ4n) is 3.86. The molecular formula is C26H32FN3O6S. The molecule has 0 bridgehead atoms. The number of fused-ring (bicyclic) bond motifs is 1. The van der Waals surface area contributed by atoms with E-state index in [-0.39, 0.29) is 48.6 Å². The number of carbonyl (C=O) groups excluding carboxylic acids is 1. The third-order valence-corrected chi connectivity index (χ3v) is 8.05. The Kier molecular flexibility index (Phi) is 9.50. The van der Waals surface area contributed by atoms with E-state index >= 15 is 0 Å². The molecule has 0 radical (unpaired) electrons. The Labute approximate surface area is 217 Å². The van der Waals surface area contributed by atoms with E-state index in [1.54, 1.807) is 32.2 Å². The molecule has 3 atom stereocenters. The summed E-state index contributed by atoms with van der Waals surface area (Å²) in [7, 11) is -0.936. The molecule has 9 nitrogen and oxygen atoms in total. The number of hydrogen-bond donors (Lipinski definition) is 2. The van der Waals surface area contributed by atoms with Gasteiger partial charge in [-0.25, -0.2) is 17.6 Å². The van der Waals surface area contributed by atoms with Crippen molar-refractivity contribution in [3.8, 4) is 17.6 Å². The molecule has 1 aliphatic heterocycles. The Morgan fingerprint density at radius 2 is 2.08 bits per heavy atom. The van der Waals surface area contributed by atoms with Crippen molar-refractivity contribution in [1.82, 2.24) is 9.21 Å². The lowest BCUT2D eigenvalue weighted by Crippen LogP contribution is -2.50. The second kappa shape index (κ2) is 12.4. The molecule has 0 unspecified atom stereocenters. The number of methoxy groups -OCH3 is 1. The van der Waals surface area contributed by atoms with Crippen molar-refractivity contribution in [2.45, 2.75) is 30.9 Å². The zero-order chi connectivity index (χ0) is 27.2. The largest absolute Gasteiger partial charge is 0.487 e. The van der Waals surface area contributed by atoms with E-state index in [9.17, 15) is 22.7 Å². The highest BCUT2D eigenvalue weighted by atomic mass is 32.2. The normalized spacial score (nSPS) is 19.7. The van der Waals surface area contributed by atoms with Gasteiger partial charge in [0.25, 0.3) is 0 Å². The first kappa shape index (κ1) is 28.4. The number of sulfonamides is 1. The summed E-state index contributed by atoms with van der Waals surface area (Å²) >= 11 is 0. The Balaban J connectivity index is 1.95. The molecule has 37 heavy (non-hydrogen) atoms. The molecule has 200 valence electrons. The number of aliphatic hydroxyl groups excluding tert-OH is 1. The van der Waals surface area contributed by atoms with E-state index in [0.717, 1.165) is 0 Å². The first-order chi connectivity index (χ1) is 17.6. The number of hydrogen-bond acceptors (Lipinski definition) is 6. The van der Waals surface area contributed by atoms with Gasteiger partial charge in [-0.1, -0.05) is 30.9 Å². The van der Waals surface area contributed by atoms with Gasteiger partial charge < -0.3 is 24.8 Å². The van der Waals surface area contributed by atoms with Crippen molar-refractivity contribution in [1.29, 1.82) is 0 Å². The van der Waals surface area contributed by atoms with Gasteiger partial charge in [0.05, 0.1) is 18.8 Å². The maximum Gasteiger partial charge on any atom is 0.321 e. The van der Waals surface area contributed by atoms with Gasteiger partial charge in [0, 0.05) is 38.2 Å². The zero-order valence-corrected chi connectivity index (χ0v) is 22.1. The number of likely N-dealkylation sites (N-methyl/N-ethyl adjacent to an activating group) is 1. The molecule has 2 aromatic carbocycles. The summed E-state index contributed by atoms with van der Waals surface area (Å²) in [5.41, 5.74) is 0.579. The average molecular weight is 534 g/mol. The number of aliphatic hydroxyl groups is 1. The first-order valence-corrected chi connectivity index (χ1v) is 13.2. The molecule has 0 spiro atoms. The molecule has 0 aliphatic carbocycles. The molecule has 0 saturated carbocycles. The fourth-order valence-corrected chi connectivity index (χ4v) is 5.68. The molecule has 1 aliphatic rings. The van der Waals surface area contributed by atoms with Crippen LogP contribution in [-0.4, -0.2) is 81.4 Å². The zero-order valence-electron chi connectivity index (χ0n) is 21.3. The molecule has 2 N–H and O–H groups in total. The van der Waals surface area contributed by atoms with Crippen LogP contribution >= 0.6 is 0 Å². The molecule has 0 aromatic heterocycles. The third kappa shape index (κ3) is 6.78. The van der Waals surface area contributed by atoms with E-state index in [1.165, 1.54) is 40.6 Å². The molecule has 11 heteroatoms. The van der Waals surface area contributed by atoms with Crippen LogP contribution in [0.4, 0.5) is 14.9 Å². The van der Waals surface area contributed by atoms with Gasteiger partial charge in [0.2, 0.25) is 10.0 Å². The molecule has 2 amide bonds. The fraction of sp³-hybridized carbons (Fsp3) is 0.423. The molecule has 0 fully saturated rings. The number of benzene rings is 2. The van der Waals surface area contributed by atoms with Crippen LogP contribution in [0.1, 0.15) is 19.4 Å². The second-order valence-electron chi connectivity index (χ2n) is 8.93. The minimum atomic E-state index is -4.00. The highest BCUT2D eigenvalue weighted by molar-refractivity contribution is 7.89. The number of carbonyl (C=O) groups is 1. The van der Waals surface area contributed by atoms with Gasteiger partial charge in [0.1, 0.15) is 29.2 Å². The lowest BCUT2D eigenvalue weighted by atomic mass is 10.0. The van der Waals surface area contributed by atoms with Crippen LogP contribution in [0.5, 0.6) is 5.75 Å². The lowest BCUT2D eigenvalue weighted by molar-refractivity contribution is 0.0830. The Morgan fingerprint density at radius 1 is 1.35 bits per heavy atom. The number of urea groups is 1. The van der Waals surface area contributed by atoms with Crippen LogP contribution in [0, 0.1) is 23.6 Å². The van der Waals surface area contributed by atoms with Gasteiger partial charge in [-0.2, -0.15) is 4.31 Å². The van der Waals surface area contributed by atoms with E-state index in [0.29, 0.717) is 5.56 Å². The average Bonchev–Trinajstić information content (AvgIpc) is 2.87. The predicted molar refractivity (Wildman–Crippen MR) is 137 cm³/mol. The van der Waals surface area contributed by atoms with Crippen molar-refractivity contribution in [2.75, 3.05) is 45.8 Å². The molecule has 1 heterocycles. The summed E-state index contributed by atoms with van der Waals surface area (Å²) in [4.78, 5) is 14.1. The van der Waals surface area contributed by atoms with Crippen LogP contribution in [-0.2, 0) is 14.8 Å². The third-order valence-electron chi connectivity index (χ3n) is 6.03. The first-order valence-electron chi connectivity index (χ1n) is 11.8. The number of nitrogens with zero attached hydrogens (tertiary/aromatic N) is 2. The number of halogens is 1. The topological polar surface area (TPSA) is 108 Å². The Hall–Kier alpha value is -3.17. The number of ether oxygens (including phenoxy) is 2. The number of anilines is 1. The molecule has 3 rings (SSSR count). The maximum absolute atomic E-state index is 14.0. The summed E-state index contributed by atoms with van der Waals surface area (Å²) in [5, 5.41) is 12.3. The van der Waals surface area contributed by atoms with Crippen molar-refractivity contribution in [2.24, 2.45) is 5.92 Å². The molecular weight excluding hydrogens is 501 g/mol. The van der Waals surface area contributed by atoms with Gasteiger partial charge in [-0.05, 0) is 37.3 Å². The van der Waals surface area contributed by atoms with Crippen molar-refractivity contribution in [3.63, 3.8) is 0 Å². The van der Waals surface area contributed by atoms with Crippen molar-refractivity contribution < 1.29 is 32.2 Å². The van der Waals surface area contributed by atoms with E-state index < -0.39 is 34.0 Å². The summed E-state index contributed by atoms with van der Waals surface area (Å²) in [6.45, 7) is 3.43. The molecule has 0 saturated heterocycles. The highest BCUT2D eigenvalue weighted by Crippen LogP contribution is 2.34. The SMILES string of the molecule is COCC#Cc1ccc2c(c1)O[C@@H](CN(C)C(=O)Nc1ccccc1F)[C@@H](C)CN([C@@H](C)CO)S2(=O)=O. The summed E-state index contributed by atoms with van der Waals surface area (Å²) in [5.74, 6) is 4.90. The minimum absolute atomic E-state index is 0.0460. The predicted octanol–water partition coefficient (Wildman–Crippen LogP) is 2.76. The number of rotatable bonds is 6. The molecule has 2 aromatic rings. The standard InChI is InChI=1S/C26H32FN3O6S/c1-18-15-30(19(2)17-31)37(33,34)25-12-11-20(8-7-13-35-4)14-23(25)36-24(18)16-29(3)26(32)28-22-10-6-5-9-21(22)27/h5-6,9-12,14,18-19,24,31H,13,15-17H2,1-4H3,(H,28,32)/t18-,19-,24-/m0/s1. The van der Waals surface area contributed by atoms with Gasteiger partial charge in [0.15, 0.2) is 0 Å². The summed E-state index contributed by atoms with van der Waals surface area (Å²) < 4.78 is 53.5. The smallest absolute Gasteiger partial charge is 0.321 e. The quantitative estimate of drug-likeness (QED) is 0.553.